The van der Waals surface area contributed by atoms with E-state index < -0.39 is 31.8 Å². The molecule has 0 saturated carbocycles. The van der Waals surface area contributed by atoms with Crippen LogP contribution in [0.2, 0.25) is 0 Å². The van der Waals surface area contributed by atoms with E-state index in [-0.39, 0.29) is 11.8 Å². The van der Waals surface area contributed by atoms with Crippen LogP contribution in [-0.2, 0) is 14.2 Å². The number of hydrogen-bond donors (Lipinski definition) is 8. The summed E-state index contributed by atoms with van der Waals surface area (Å²) < 4.78 is 15.9. The van der Waals surface area contributed by atoms with Gasteiger partial charge in [-0.1, -0.05) is 58.7 Å². The normalized spacial score (nSPS) is 12.6. The highest BCUT2D eigenvalue weighted by Crippen LogP contribution is 2.44. The zero-order valence-corrected chi connectivity index (χ0v) is 23.3. The third-order valence-corrected chi connectivity index (χ3v) is 5.52. The van der Waals surface area contributed by atoms with E-state index >= 15 is 0 Å². The van der Waals surface area contributed by atoms with Crippen molar-refractivity contribution < 1.29 is 38.7 Å². The first-order valence-corrected chi connectivity index (χ1v) is 13.9. The monoisotopic (exact) mass is 550 g/mol. The lowest BCUT2D eigenvalue weighted by atomic mass is 9.94. The summed E-state index contributed by atoms with van der Waals surface area (Å²) in [5, 5.41) is 16.7. The number of phosphoric acid groups is 1. The lowest BCUT2D eigenvalue weighted by molar-refractivity contribution is -0.139. The summed E-state index contributed by atoms with van der Waals surface area (Å²) in [6.45, 7) is 9.06. The maximum Gasteiger partial charge on any atom is 0.524 e. The van der Waals surface area contributed by atoms with Crippen LogP contribution in [0.25, 0.3) is 0 Å². The number of carbonyl (C=O) groups is 2. The zero-order valence-electron chi connectivity index (χ0n) is 22.4. The first kappa shape index (κ1) is 37.1. The first-order valence-electron chi connectivity index (χ1n) is 12.3. The second kappa shape index (κ2) is 20.0. The Balaban J connectivity index is 0. The van der Waals surface area contributed by atoms with Crippen LogP contribution >= 0.6 is 7.82 Å². The summed E-state index contributed by atoms with van der Waals surface area (Å²) in [6.07, 6.45) is 4.33. The van der Waals surface area contributed by atoms with Crippen LogP contribution in [0.4, 0.5) is 0 Å². The molecular weight excluding hydrogens is 503 g/mol. The molecule has 1 rings (SSSR count). The Morgan fingerprint density at radius 3 is 1.41 bits per heavy atom. The number of unbranched alkanes of at least 4 members (excludes halogenated alkanes) is 2. The Kier molecular flexibility index (Phi) is 20.0. The van der Waals surface area contributed by atoms with Gasteiger partial charge in [-0.15, -0.1) is 0 Å². The Hall–Kier alpha value is -2.05. The molecule has 37 heavy (non-hydrogen) atoms. The van der Waals surface area contributed by atoms with Gasteiger partial charge in [0.25, 0.3) is 0 Å². The van der Waals surface area contributed by atoms with Crippen molar-refractivity contribution >= 4 is 19.8 Å². The molecule has 0 heterocycles. The summed E-state index contributed by atoms with van der Waals surface area (Å²) in [5.41, 5.74) is 22.5. The van der Waals surface area contributed by atoms with Crippen molar-refractivity contribution in [2.75, 3.05) is 13.1 Å². The highest BCUT2D eigenvalue weighted by molar-refractivity contribution is 7.46. The number of hydrogen-bond acceptors (Lipinski definition) is 8. The molecule has 0 spiro atoms. The molecule has 2 atom stereocenters. The number of rotatable bonds is 14. The van der Waals surface area contributed by atoms with Crippen molar-refractivity contribution in [1.29, 1.82) is 0 Å². The van der Waals surface area contributed by atoms with Gasteiger partial charge in [0.15, 0.2) is 0 Å². The molecule has 0 bridgehead atoms. The average Bonchev–Trinajstić information content (AvgIpc) is 2.78. The number of para-hydroxylation sites is 1. The van der Waals surface area contributed by atoms with Gasteiger partial charge in [-0.25, -0.2) is 4.57 Å². The van der Waals surface area contributed by atoms with Gasteiger partial charge in [-0.2, -0.15) is 0 Å². The van der Waals surface area contributed by atoms with E-state index in [2.05, 4.69) is 0 Å². The van der Waals surface area contributed by atoms with Crippen LogP contribution in [-0.4, -0.2) is 57.1 Å². The molecule has 12 N–H and O–H groups in total. The average molecular weight is 551 g/mol. The molecule has 0 aliphatic carbocycles. The van der Waals surface area contributed by atoms with Crippen LogP contribution in [0.1, 0.15) is 89.2 Å². The number of nitrogens with two attached hydrogens (primary N) is 4. The second-order valence-electron chi connectivity index (χ2n) is 9.12. The van der Waals surface area contributed by atoms with Crippen molar-refractivity contribution in [3.63, 3.8) is 0 Å². The Morgan fingerprint density at radius 2 is 1.16 bits per heavy atom. The SMILES string of the molecule is CC(C)c1cccc(C(C)C)c1OP(=O)(O)O.NCCCC[C@H](N)C(=O)O.NCCCC[C@H](N)C(=O)O. The fraction of sp³-hybridized carbons (Fsp3) is 0.667. The predicted octanol–water partition coefficient (Wildman–Crippen LogP) is 2.46. The topological polar surface area (TPSA) is 245 Å². The van der Waals surface area contributed by atoms with Gasteiger partial charge in [0, 0.05) is 0 Å². The fourth-order valence-electron chi connectivity index (χ4n) is 2.97. The summed E-state index contributed by atoms with van der Waals surface area (Å²) in [4.78, 5) is 38.2. The lowest BCUT2D eigenvalue weighted by Gasteiger charge is -2.19. The van der Waals surface area contributed by atoms with E-state index in [4.69, 9.17) is 47.5 Å². The smallest absolute Gasteiger partial charge is 0.480 e. The van der Waals surface area contributed by atoms with E-state index in [1.54, 1.807) is 0 Å². The van der Waals surface area contributed by atoms with E-state index in [1.807, 2.05) is 45.9 Å². The number of benzene rings is 1. The molecular formula is C24H47N4O8P. The number of aliphatic carboxylic acids is 2. The molecule has 0 aromatic heterocycles. The Bertz CT molecular complexity index is 781. The van der Waals surface area contributed by atoms with Crippen molar-refractivity contribution in [3.05, 3.63) is 29.3 Å². The lowest BCUT2D eigenvalue weighted by Crippen LogP contribution is -2.29. The minimum Gasteiger partial charge on any atom is -0.480 e. The second-order valence-corrected chi connectivity index (χ2v) is 10.3. The predicted molar refractivity (Wildman–Crippen MR) is 144 cm³/mol. The largest absolute Gasteiger partial charge is 0.524 e. The summed E-state index contributed by atoms with van der Waals surface area (Å²) in [6, 6.07) is 4.12. The molecule has 1 aromatic carbocycles. The molecule has 0 fully saturated rings. The van der Waals surface area contributed by atoms with Gasteiger partial charge in [0.05, 0.1) is 0 Å². The van der Waals surface area contributed by atoms with Crippen LogP contribution < -0.4 is 27.5 Å². The Morgan fingerprint density at radius 1 is 0.811 bits per heavy atom. The number of carboxylic acid groups (broad SMARTS) is 2. The van der Waals surface area contributed by atoms with Crippen molar-refractivity contribution in [2.45, 2.75) is 90.1 Å². The van der Waals surface area contributed by atoms with E-state index in [1.165, 1.54) is 0 Å². The molecule has 0 radical (unpaired) electrons. The maximum atomic E-state index is 11.0. The Labute approximate surface area is 220 Å². The van der Waals surface area contributed by atoms with Gasteiger partial charge >= 0.3 is 19.8 Å². The molecule has 1 aromatic rings. The van der Waals surface area contributed by atoms with Gasteiger partial charge < -0.3 is 37.7 Å². The summed E-state index contributed by atoms with van der Waals surface area (Å²) >= 11 is 0. The maximum absolute atomic E-state index is 11.0. The third-order valence-electron chi connectivity index (χ3n) is 5.10. The molecule has 0 aliphatic rings. The fourth-order valence-corrected chi connectivity index (χ4v) is 3.42. The quantitative estimate of drug-likeness (QED) is 0.123. The molecule has 0 aliphatic heterocycles. The molecule has 13 heteroatoms. The molecule has 0 saturated heterocycles. The highest BCUT2D eigenvalue weighted by atomic mass is 31.2. The number of phosphoric ester groups is 1. The molecule has 0 unspecified atom stereocenters. The van der Waals surface area contributed by atoms with Crippen LogP contribution in [0, 0.1) is 0 Å². The standard InChI is InChI=1S/C12H19O4P.2C6H14N2O2/c1-8(2)10-6-5-7-11(9(3)4)12(10)16-17(13,14)15;2*7-4-2-1-3-5(8)6(9)10/h5-9H,1-4H3,(H2,13,14,15);2*5H,1-4,7-8H2,(H,9,10)/t;2*5-/m.00/s1. The van der Waals surface area contributed by atoms with Crippen LogP contribution in [0.15, 0.2) is 18.2 Å². The van der Waals surface area contributed by atoms with E-state index in [0.717, 1.165) is 36.8 Å². The van der Waals surface area contributed by atoms with Crippen molar-refractivity contribution in [1.82, 2.24) is 0 Å². The van der Waals surface area contributed by atoms with Crippen molar-refractivity contribution in [2.24, 2.45) is 22.9 Å². The first-order chi connectivity index (χ1) is 17.1. The summed E-state index contributed by atoms with van der Waals surface area (Å²) in [7, 11) is -4.52. The molecule has 0 amide bonds. The van der Waals surface area contributed by atoms with Crippen molar-refractivity contribution in [3.8, 4) is 5.75 Å². The minimum atomic E-state index is -4.52. The van der Waals surface area contributed by atoms with Gasteiger partial charge in [0.2, 0.25) is 0 Å². The zero-order chi connectivity index (χ0) is 29.2. The van der Waals surface area contributed by atoms with E-state index in [0.29, 0.717) is 31.7 Å². The van der Waals surface area contributed by atoms with Crippen LogP contribution in [0.5, 0.6) is 5.75 Å². The summed E-state index contributed by atoms with van der Waals surface area (Å²) in [5.74, 6) is -1.25. The van der Waals surface area contributed by atoms with Gasteiger partial charge in [-0.05, 0) is 61.7 Å². The van der Waals surface area contributed by atoms with Gasteiger partial charge in [0.1, 0.15) is 17.8 Å². The minimum absolute atomic E-state index is 0.148. The molecule has 216 valence electrons. The van der Waals surface area contributed by atoms with Crippen LogP contribution in [0.3, 0.4) is 0 Å². The third kappa shape index (κ3) is 18.8. The number of carboxylic acids is 2. The van der Waals surface area contributed by atoms with Gasteiger partial charge in [-0.3, -0.25) is 19.4 Å². The van der Waals surface area contributed by atoms with E-state index in [9.17, 15) is 14.2 Å². The molecule has 12 nitrogen and oxygen atoms in total. The highest BCUT2D eigenvalue weighted by Gasteiger charge is 2.23.